The first-order valence-electron chi connectivity index (χ1n) is 11.5. The van der Waals surface area contributed by atoms with Gasteiger partial charge in [-0.25, -0.2) is 0 Å². The molecule has 0 bridgehead atoms. The minimum atomic E-state index is -0.278. The van der Waals surface area contributed by atoms with Crippen LogP contribution in [-0.2, 0) is 11.2 Å². The van der Waals surface area contributed by atoms with Gasteiger partial charge < -0.3 is 14.6 Å². The number of carbonyl (C=O) groups excluding carboxylic acids is 1. The number of aryl methyl sites for hydroxylation is 1. The highest BCUT2D eigenvalue weighted by atomic mass is 32.2. The molecule has 0 saturated carbocycles. The van der Waals surface area contributed by atoms with Gasteiger partial charge >= 0.3 is 0 Å². The maximum absolute atomic E-state index is 12.5. The largest absolute Gasteiger partial charge is 0.482 e. The van der Waals surface area contributed by atoms with Crippen LogP contribution in [-0.4, -0.2) is 26.4 Å². The SMILES string of the molecule is CCc1ccc(NC(=O)CSc2nnc(C(C)Oc3ccccc3C(C)C)n2C(C)C)cc1. The molecular formula is C26H34N4O2S. The number of amides is 1. The lowest BCUT2D eigenvalue weighted by molar-refractivity contribution is -0.113. The van der Waals surface area contributed by atoms with E-state index in [0.29, 0.717) is 11.1 Å². The molecule has 0 aliphatic carbocycles. The summed E-state index contributed by atoms with van der Waals surface area (Å²) in [5.41, 5.74) is 3.21. The summed E-state index contributed by atoms with van der Waals surface area (Å²) < 4.78 is 8.36. The quantitative estimate of drug-likeness (QED) is 0.349. The molecule has 1 unspecified atom stereocenters. The number of hydrogen-bond donors (Lipinski definition) is 1. The zero-order chi connectivity index (χ0) is 24.0. The number of carbonyl (C=O) groups is 1. The standard InChI is InChI=1S/C26H34N4O2S/c1-7-20-12-14-21(15-13-20)27-24(31)16-33-26-29-28-25(30(26)18(4)5)19(6)32-23-11-9-8-10-22(23)17(2)3/h8-15,17-19H,7,16H2,1-6H3,(H,27,31). The molecule has 6 nitrogen and oxygen atoms in total. The molecule has 33 heavy (non-hydrogen) atoms. The van der Waals surface area contributed by atoms with E-state index in [2.05, 4.69) is 60.8 Å². The third-order valence-corrected chi connectivity index (χ3v) is 6.34. The number of anilines is 1. The van der Waals surface area contributed by atoms with Crippen LogP contribution in [0.3, 0.4) is 0 Å². The summed E-state index contributed by atoms with van der Waals surface area (Å²) in [5.74, 6) is 2.16. The van der Waals surface area contributed by atoms with Crippen LogP contribution in [0.15, 0.2) is 53.7 Å². The van der Waals surface area contributed by atoms with Gasteiger partial charge in [0, 0.05) is 11.7 Å². The summed E-state index contributed by atoms with van der Waals surface area (Å²) in [4.78, 5) is 12.5. The number of nitrogens with zero attached hydrogens (tertiary/aromatic N) is 3. The van der Waals surface area contributed by atoms with Crippen molar-refractivity contribution in [1.29, 1.82) is 0 Å². The van der Waals surface area contributed by atoms with E-state index < -0.39 is 0 Å². The van der Waals surface area contributed by atoms with Crippen LogP contribution in [0, 0.1) is 0 Å². The van der Waals surface area contributed by atoms with Gasteiger partial charge in [-0.1, -0.05) is 62.9 Å². The fourth-order valence-corrected chi connectivity index (χ4v) is 4.48. The highest BCUT2D eigenvalue weighted by Gasteiger charge is 2.23. The van der Waals surface area contributed by atoms with Gasteiger partial charge in [0.2, 0.25) is 5.91 Å². The Hall–Kier alpha value is -2.80. The number of thioether (sulfide) groups is 1. The van der Waals surface area contributed by atoms with Crippen molar-refractivity contribution in [2.75, 3.05) is 11.1 Å². The zero-order valence-electron chi connectivity index (χ0n) is 20.3. The number of nitrogens with one attached hydrogen (secondary N) is 1. The highest BCUT2D eigenvalue weighted by molar-refractivity contribution is 7.99. The number of hydrogen-bond acceptors (Lipinski definition) is 5. The van der Waals surface area contributed by atoms with E-state index in [4.69, 9.17) is 4.74 Å². The van der Waals surface area contributed by atoms with Crippen molar-refractivity contribution >= 4 is 23.4 Å². The van der Waals surface area contributed by atoms with E-state index in [1.165, 1.54) is 22.9 Å². The van der Waals surface area contributed by atoms with Crippen molar-refractivity contribution in [3.05, 3.63) is 65.5 Å². The van der Waals surface area contributed by atoms with Crippen LogP contribution >= 0.6 is 11.8 Å². The molecule has 1 N–H and O–H groups in total. The second kappa shape index (κ2) is 11.4. The number of para-hydroxylation sites is 1. The van der Waals surface area contributed by atoms with Gasteiger partial charge in [0.05, 0.1) is 5.75 Å². The summed E-state index contributed by atoms with van der Waals surface area (Å²) >= 11 is 1.38. The van der Waals surface area contributed by atoms with Crippen LogP contribution < -0.4 is 10.1 Å². The number of aromatic nitrogens is 3. The summed E-state index contributed by atoms with van der Waals surface area (Å²) in [6, 6.07) is 16.2. The van der Waals surface area contributed by atoms with Gasteiger partial charge in [-0.2, -0.15) is 0 Å². The number of rotatable bonds is 10. The Kier molecular flexibility index (Phi) is 8.55. The molecule has 1 heterocycles. The predicted octanol–water partition coefficient (Wildman–Crippen LogP) is 6.42. The predicted molar refractivity (Wildman–Crippen MR) is 135 cm³/mol. The van der Waals surface area contributed by atoms with Gasteiger partial charge in [0.1, 0.15) is 5.75 Å². The van der Waals surface area contributed by atoms with Gasteiger partial charge in [0.15, 0.2) is 17.1 Å². The van der Waals surface area contributed by atoms with Gasteiger partial charge in [-0.3, -0.25) is 4.79 Å². The van der Waals surface area contributed by atoms with Gasteiger partial charge in [-0.15, -0.1) is 10.2 Å². The molecule has 0 fully saturated rings. The second-order valence-electron chi connectivity index (χ2n) is 8.64. The van der Waals surface area contributed by atoms with Crippen LogP contribution in [0.25, 0.3) is 0 Å². The minimum Gasteiger partial charge on any atom is -0.482 e. The van der Waals surface area contributed by atoms with E-state index in [-0.39, 0.29) is 23.8 Å². The lowest BCUT2D eigenvalue weighted by atomic mass is 10.0. The minimum absolute atomic E-state index is 0.0701. The molecule has 0 spiro atoms. The molecule has 0 aliphatic heterocycles. The Morgan fingerprint density at radius 1 is 1.03 bits per heavy atom. The number of ether oxygens (including phenoxy) is 1. The molecule has 3 aromatic rings. The first-order chi connectivity index (χ1) is 15.8. The average molecular weight is 467 g/mol. The molecule has 7 heteroatoms. The molecule has 2 aromatic carbocycles. The Morgan fingerprint density at radius 3 is 2.36 bits per heavy atom. The van der Waals surface area contributed by atoms with E-state index in [0.717, 1.165) is 23.7 Å². The maximum atomic E-state index is 12.5. The van der Waals surface area contributed by atoms with E-state index in [1.54, 1.807) is 0 Å². The molecule has 1 aromatic heterocycles. The molecular weight excluding hydrogens is 432 g/mol. The molecule has 0 aliphatic rings. The van der Waals surface area contributed by atoms with Crippen LogP contribution in [0.2, 0.25) is 0 Å². The van der Waals surface area contributed by atoms with Crippen molar-refractivity contribution < 1.29 is 9.53 Å². The Bertz CT molecular complexity index is 1060. The molecule has 1 amide bonds. The summed E-state index contributed by atoms with van der Waals surface area (Å²) in [6.45, 7) is 12.6. The van der Waals surface area contributed by atoms with Crippen molar-refractivity contribution in [2.24, 2.45) is 0 Å². The second-order valence-corrected chi connectivity index (χ2v) is 9.59. The Balaban J connectivity index is 1.69. The normalized spacial score (nSPS) is 12.2. The van der Waals surface area contributed by atoms with Crippen LogP contribution in [0.1, 0.15) is 76.6 Å². The van der Waals surface area contributed by atoms with E-state index in [1.807, 2.05) is 49.4 Å². The van der Waals surface area contributed by atoms with Crippen molar-refractivity contribution in [1.82, 2.24) is 14.8 Å². The topological polar surface area (TPSA) is 69.0 Å². The van der Waals surface area contributed by atoms with Gasteiger partial charge in [-0.05, 0) is 62.4 Å². The molecule has 1 atom stereocenters. The summed E-state index contributed by atoms with van der Waals surface area (Å²) in [7, 11) is 0. The fourth-order valence-electron chi connectivity index (χ4n) is 3.61. The molecule has 0 saturated heterocycles. The van der Waals surface area contributed by atoms with Gasteiger partial charge in [0.25, 0.3) is 0 Å². The zero-order valence-corrected chi connectivity index (χ0v) is 21.1. The molecule has 3 rings (SSSR count). The molecule has 0 radical (unpaired) electrons. The highest BCUT2D eigenvalue weighted by Crippen LogP contribution is 2.31. The Labute approximate surface area is 201 Å². The van der Waals surface area contributed by atoms with Crippen molar-refractivity contribution in [2.45, 2.75) is 71.2 Å². The number of benzene rings is 2. The lowest BCUT2D eigenvalue weighted by Gasteiger charge is -2.21. The van der Waals surface area contributed by atoms with E-state index in [9.17, 15) is 4.79 Å². The third kappa shape index (κ3) is 6.38. The summed E-state index contributed by atoms with van der Waals surface area (Å²) in [6.07, 6.45) is 0.697. The average Bonchev–Trinajstić information content (AvgIpc) is 3.23. The molecule has 176 valence electrons. The fraction of sp³-hybridized carbons (Fsp3) is 0.423. The summed E-state index contributed by atoms with van der Waals surface area (Å²) in [5, 5.41) is 12.5. The van der Waals surface area contributed by atoms with E-state index >= 15 is 0 Å². The monoisotopic (exact) mass is 466 g/mol. The third-order valence-electron chi connectivity index (χ3n) is 5.39. The van der Waals surface area contributed by atoms with Crippen molar-refractivity contribution in [3.63, 3.8) is 0 Å². The maximum Gasteiger partial charge on any atom is 0.234 e. The van der Waals surface area contributed by atoms with Crippen molar-refractivity contribution in [3.8, 4) is 5.75 Å². The van der Waals surface area contributed by atoms with Crippen LogP contribution in [0.5, 0.6) is 5.75 Å². The smallest absolute Gasteiger partial charge is 0.234 e. The van der Waals surface area contributed by atoms with Crippen LogP contribution in [0.4, 0.5) is 5.69 Å². The first kappa shape index (κ1) is 24.8. The lowest BCUT2D eigenvalue weighted by Crippen LogP contribution is -2.17. The Morgan fingerprint density at radius 2 is 1.73 bits per heavy atom. The first-order valence-corrected chi connectivity index (χ1v) is 12.5.